The summed E-state index contributed by atoms with van der Waals surface area (Å²) in [4.78, 5) is 0.195. The van der Waals surface area contributed by atoms with Crippen molar-refractivity contribution in [2.75, 3.05) is 5.75 Å². The number of rotatable bonds is 4. The van der Waals surface area contributed by atoms with E-state index in [1.807, 2.05) is 0 Å². The van der Waals surface area contributed by atoms with Crippen molar-refractivity contribution in [1.29, 1.82) is 0 Å². The van der Waals surface area contributed by atoms with Crippen molar-refractivity contribution in [1.82, 2.24) is 0 Å². The molecule has 26 heavy (non-hydrogen) atoms. The highest BCUT2D eigenvalue weighted by Gasteiger charge is 2.31. The fourth-order valence-electron chi connectivity index (χ4n) is 3.44. The maximum absolute atomic E-state index is 13.9. The van der Waals surface area contributed by atoms with Gasteiger partial charge in [0.25, 0.3) is 0 Å². The second-order valence-corrected chi connectivity index (χ2v) is 9.40. The third kappa shape index (κ3) is 4.30. The zero-order chi connectivity index (χ0) is 18.9. The first kappa shape index (κ1) is 19.0. The van der Waals surface area contributed by atoms with Crippen LogP contribution in [0.4, 0.5) is 8.78 Å². The van der Waals surface area contributed by atoms with Crippen molar-refractivity contribution in [3.8, 4) is 11.1 Å². The molecule has 140 valence electrons. The lowest BCUT2D eigenvalue weighted by molar-refractivity contribution is 0.0108. The van der Waals surface area contributed by atoms with Crippen molar-refractivity contribution in [3.63, 3.8) is 0 Å². The van der Waals surface area contributed by atoms with E-state index in [1.165, 1.54) is 36.4 Å². The Morgan fingerprint density at radius 1 is 1.08 bits per heavy atom. The molecule has 0 radical (unpaired) electrons. The second-order valence-electron chi connectivity index (χ2n) is 7.37. The molecule has 0 saturated heterocycles. The standard InChI is InChI=1S/C20H22F2O3S/c1-20(23)10-8-14(9-11-20)13-26(24,25)17-5-2-15(3-6-17)18-7-4-16(21)12-19(18)22/h2-7,12,14,23H,8-11,13H2,1H3/t14-,20+. The van der Waals surface area contributed by atoms with Gasteiger partial charge < -0.3 is 5.11 Å². The molecule has 0 bridgehead atoms. The molecule has 6 heteroatoms. The highest BCUT2D eigenvalue weighted by molar-refractivity contribution is 7.91. The minimum Gasteiger partial charge on any atom is -0.390 e. The summed E-state index contributed by atoms with van der Waals surface area (Å²) in [5.41, 5.74) is 0.0289. The summed E-state index contributed by atoms with van der Waals surface area (Å²) in [5, 5.41) is 9.98. The molecule has 1 aliphatic rings. The van der Waals surface area contributed by atoms with Crippen molar-refractivity contribution in [3.05, 3.63) is 54.1 Å². The van der Waals surface area contributed by atoms with Crippen LogP contribution in [0.5, 0.6) is 0 Å². The van der Waals surface area contributed by atoms with E-state index in [0.717, 1.165) is 6.07 Å². The van der Waals surface area contributed by atoms with Gasteiger partial charge in [0.15, 0.2) is 9.84 Å². The fraction of sp³-hybridized carbons (Fsp3) is 0.400. The molecule has 0 spiro atoms. The van der Waals surface area contributed by atoms with Gasteiger partial charge in [0, 0.05) is 11.6 Å². The minimum absolute atomic E-state index is 0.0365. The third-order valence-electron chi connectivity index (χ3n) is 5.09. The van der Waals surface area contributed by atoms with Crippen LogP contribution in [-0.4, -0.2) is 24.9 Å². The van der Waals surface area contributed by atoms with Gasteiger partial charge in [-0.3, -0.25) is 0 Å². The van der Waals surface area contributed by atoms with Crippen molar-refractivity contribution < 1.29 is 22.3 Å². The van der Waals surface area contributed by atoms with Crippen LogP contribution in [0.1, 0.15) is 32.6 Å². The molecule has 0 atom stereocenters. The van der Waals surface area contributed by atoms with Gasteiger partial charge in [0.05, 0.1) is 16.2 Å². The number of halogens is 2. The smallest absolute Gasteiger partial charge is 0.178 e. The van der Waals surface area contributed by atoms with Crippen LogP contribution >= 0.6 is 0 Å². The molecule has 0 unspecified atom stereocenters. The summed E-state index contributed by atoms with van der Waals surface area (Å²) < 4.78 is 52.2. The van der Waals surface area contributed by atoms with E-state index in [-0.39, 0.29) is 22.1 Å². The molecule has 1 saturated carbocycles. The Labute approximate surface area is 152 Å². The van der Waals surface area contributed by atoms with Gasteiger partial charge in [0.1, 0.15) is 11.6 Å². The zero-order valence-electron chi connectivity index (χ0n) is 14.6. The number of benzene rings is 2. The van der Waals surface area contributed by atoms with Crippen molar-refractivity contribution in [2.45, 2.75) is 43.1 Å². The molecular weight excluding hydrogens is 358 g/mol. The van der Waals surface area contributed by atoms with Gasteiger partial charge in [-0.2, -0.15) is 0 Å². The lowest BCUT2D eigenvalue weighted by atomic mass is 9.81. The van der Waals surface area contributed by atoms with E-state index < -0.39 is 27.1 Å². The van der Waals surface area contributed by atoms with Crippen LogP contribution in [0.3, 0.4) is 0 Å². The van der Waals surface area contributed by atoms with Gasteiger partial charge in [-0.05, 0) is 68.4 Å². The van der Waals surface area contributed by atoms with Crippen LogP contribution in [0.15, 0.2) is 47.4 Å². The van der Waals surface area contributed by atoms with Gasteiger partial charge in [0.2, 0.25) is 0 Å². The zero-order valence-corrected chi connectivity index (χ0v) is 15.4. The Morgan fingerprint density at radius 3 is 2.27 bits per heavy atom. The molecule has 1 aliphatic carbocycles. The largest absolute Gasteiger partial charge is 0.390 e. The Bertz CT molecular complexity index is 880. The van der Waals surface area contributed by atoms with E-state index in [1.54, 1.807) is 6.92 Å². The summed E-state index contributed by atoms with van der Waals surface area (Å²) in [6.45, 7) is 1.78. The van der Waals surface area contributed by atoms with Crippen LogP contribution < -0.4 is 0 Å². The maximum Gasteiger partial charge on any atom is 0.178 e. The predicted molar refractivity (Wildman–Crippen MR) is 96.4 cm³/mol. The average molecular weight is 380 g/mol. The Hall–Kier alpha value is -1.79. The van der Waals surface area contributed by atoms with E-state index >= 15 is 0 Å². The van der Waals surface area contributed by atoms with Crippen LogP contribution in [0, 0.1) is 17.6 Å². The SMILES string of the molecule is C[C@]1(O)CC[C@@H](CS(=O)(=O)c2ccc(-c3ccc(F)cc3F)cc2)CC1. The van der Waals surface area contributed by atoms with Crippen LogP contribution in [-0.2, 0) is 9.84 Å². The van der Waals surface area contributed by atoms with Crippen molar-refractivity contribution >= 4 is 9.84 Å². The van der Waals surface area contributed by atoms with Gasteiger partial charge >= 0.3 is 0 Å². The first-order valence-electron chi connectivity index (χ1n) is 8.67. The normalized spacial score (nSPS) is 23.8. The summed E-state index contributed by atoms with van der Waals surface area (Å²) in [7, 11) is -3.45. The first-order valence-corrected chi connectivity index (χ1v) is 10.3. The molecule has 3 nitrogen and oxygen atoms in total. The summed E-state index contributed by atoms with van der Waals surface area (Å²) in [6, 6.07) is 9.31. The third-order valence-corrected chi connectivity index (χ3v) is 6.99. The molecule has 2 aromatic carbocycles. The van der Waals surface area contributed by atoms with E-state index in [0.29, 0.717) is 31.2 Å². The molecular formula is C20H22F2O3S. The maximum atomic E-state index is 13.9. The van der Waals surface area contributed by atoms with E-state index in [9.17, 15) is 22.3 Å². The quantitative estimate of drug-likeness (QED) is 0.858. The summed E-state index contributed by atoms with van der Waals surface area (Å²) in [6.07, 6.45) is 2.59. The molecule has 3 rings (SSSR count). The average Bonchev–Trinajstić information content (AvgIpc) is 2.57. The van der Waals surface area contributed by atoms with Gasteiger partial charge in [-0.1, -0.05) is 12.1 Å². The first-order chi connectivity index (χ1) is 12.2. The topological polar surface area (TPSA) is 54.4 Å². The molecule has 0 heterocycles. The Morgan fingerprint density at radius 2 is 1.69 bits per heavy atom. The van der Waals surface area contributed by atoms with Gasteiger partial charge in [-0.25, -0.2) is 17.2 Å². The molecule has 0 aromatic heterocycles. The lowest BCUT2D eigenvalue weighted by Crippen LogP contribution is -2.32. The highest BCUT2D eigenvalue weighted by atomic mass is 32.2. The van der Waals surface area contributed by atoms with Crippen LogP contribution in [0.2, 0.25) is 0 Å². The number of hydrogen-bond donors (Lipinski definition) is 1. The number of aliphatic hydroxyl groups is 1. The molecule has 1 N–H and O–H groups in total. The molecule has 2 aromatic rings. The fourth-order valence-corrected chi connectivity index (χ4v) is 5.14. The lowest BCUT2D eigenvalue weighted by Gasteiger charge is -2.32. The summed E-state index contributed by atoms with van der Waals surface area (Å²) >= 11 is 0. The molecule has 0 amide bonds. The number of hydrogen-bond acceptors (Lipinski definition) is 3. The number of sulfone groups is 1. The van der Waals surface area contributed by atoms with Crippen molar-refractivity contribution in [2.24, 2.45) is 5.92 Å². The molecule has 0 aliphatic heterocycles. The Balaban J connectivity index is 1.75. The monoisotopic (exact) mass is 380 g/mol. The van der Waals surface area contributed by atoms with E-state index in [4.69, 9.17) is 0 Å². The summed E-state index contributed by atoms with van der Waals surface area (Å²) in [5.74, 6) is -1.26. The predicted octanol–water partition coefficient (Wildman–Crippen LogP) is 4.35. The molecule has 1 fully saturated rings. The van der Waals surface area contributed by atoms with Crippen LogP contribution in [0.25, 0.3) is 11.1 Å². The van der Waals surface area contributed by atoms with Gasteiger partial charge in [-0.15, -0.1) is 0 Å². The minimum atomic E-state index is -3.45. The second kappa shape index (κ2) is 7.08. The Kier molecular flexibility index (Phi) is 5.17. The van der Waals surface area contributed by atoms with E-state index in [2.05, 4.69) is 0 Å². The highest BCUT2D eigenvalue weighted by Crippen LogP contribution is 2.33.